The number of benzene rings is 1. The number of ether oxygens (including phenoxy) is 1. The topological polar surface area (TPSA) is 82.9 Å². The van der Waals surface area contributed by atoms with Crippen LogP contribution >= 0.6 is 11.3 Å². The second-order valence-electron chi connectivity index (χ2n) is 8.89. The van der Waals surface area contributed by atoms with Crippen molar-refractivity contribution in [3.8, 4) is 17.6 Å². The zero-order chi connectivity index (χ0) is 24.8. The van der Waals surface area contributed by atoms with Crippen molar-refractivity contribution in [2.45, 2.75) is 38.5 Å². The van der Waals surface area contributed by atoms with Crippen molar-refractivity contribution in [3.63, 3.8) is 0 Å². The molecule has 8 heteroatoms. The fraction of sp³-hybridized carbons (Fsp3) is 0.407. The number of carboxylic acid groups (broad SMARTS) is 1. The second-order valence-corrected chi connectivity index (χ2v) is 9.83. The number of hydrogen-bond donors (Lipinski definition) is 2. The van der Waals surface area contributed by atoms with E-state index in [9.17, 15) is 15.0 Å². The summed E-state index contributed by atoms with van der Waals surface area (Å²) in [4.78, 5) is 19.8. The maximum Gasteiger partial charge on any atom is 0.309 e. The molecule has 0 radical (unpaired) electrons. The molecule has 1 fully saturated rings. The summed E-state index contributed by atoms with van der Waals surface area (Å²) in [7, 11) is 1.54. The smallest absolute Gasteiger partial charge is 0.309 e. The lowest BCUT2D eigenvalue weighted by molar-refractivity contribution is -0.152. The number of piperidine rings is 1. The maximum absolute atomic E-state index is 15.7. The number of aliphatic hydroxyl groups is 1. The highest BCUT2D eigenvalue weighted by atomic mass is 32.1. The summed E-state index contributed by atoms with van der Waals surface area (Å²) in [6, 6.07) is 9.15. The van der Waals surface area contributed by atoms with Crippen LogP contribution < -0.4 is 4.74 Å². The summed E-state index contributed by atoms with van der Waals surface area (Å²) in [5, 5.41) is 22.4. The monoisotopic (exact) mass is 496 g/mol. The predicted molar refractivity (Wildman–Crippen MR) is 134 cm³/mol. The van der Waals surface area contributed by atoms with Crippen LogP contribution in [-0.2, 0) is 11.4 Å². The van der Waals surface area contributed by atoms with E-state index < -0.39 is 17.6 Å². The van der Waals surface area contributed by atoms with Crippen LogP contribution in [0.15, 0.2) is 41.9 Å². The number of rotatable bonds is 8. The lowest BCUT2D eigenvalue weighted by Gasteiger charge is -2.38. The first kappa shape index (κ1) is 25.1. The summed E-state index contributed by atoms with van der Waals surface area (Å²) >= 11 is 1.59. The molecule has 1 saturated heterocycles. The Morgan fingerprint density at radius 2 is 2.14 bits per heavy atom. The number of fused-ring (bicyclic) bond motifs is 1. The number of carboxylic acids is 1. The Kier molecular flexibility index (Phi) is 8.01. The quantitative estimate of drug-likeness (QED) is 0.436. The van der Waals surface area contributed by atoms with Gasteiger partial charge in [0.1, 0.15) is 11.9 Å². The Balaban J connectivity index is 1.46. The summed E-state index contributed by atoms with van der Waals surface area (Å²) in [6.45, 7) is 1.46. The number of aliphatic carboxylic acids is 1. The molecule has 35 heavy (non-hydrogen) atoms. The molecule has 184 valence electrons. The van der Waals surface area contributed by atoms with Crippen LogP contribution in [0.25, 0.3) is 10.9 Å². The van der Waals surface area contributed by atoms with Gasteiger partial charge in [-0.05, 0) is 55.3 Å². The van der Waals surface area contributed by atoms with Crippen LogP contribution in [0.5, 0.6) is 5.75 Å². The van der Waals surface area contributed by atoms with Crippen LogP contribution in [0.2, 0.25) is 0 Å². The first-order valence-electron chi connectivity index (χ1n) is 11.6. The molecule has 0 saturated carbocycles. The molecule has 0 bridgehead atoms. The largest absolute Gasteiger partial charge is 0.497 e. The zero-order valence-electron chi connectivity index (χ0n) is 19.7. The number of hydrogen-bond acceptors (Lipinski definition) is 6. The standard InChI is InChI=1S/C27H29FN2O4S/c1-34-20-6-7-24-22(16-20)25(19(18-31)17-29-24)23(28)8-9-27(26(32)33)10-13-30(14-11-27)12-2-4-21-5-3-15-35-21/h3,5-7,15-17,23,31H,8-14,18H2,1H3,(H,32,33)/t23-/m1/s1. The average Bonchev–Trinajstić information content (AvgIpc) is 3.40. The number of methoxy groups -OCH3 is 1. The van der Waals surface area contributed by atoms with E-state index in [2.05, 4.69) is 21.7 Å². The van der Waals surface area contributed by atoms with Crippen molar-refractivity contribution in [1.82, 2.24) is 9.88 Å². The summed E-state index contributed by atoms with van der Waals surface area (Å²) in [5.41, 5.74) is 0.396. The number of alkyl halides is 1. The molecule has 0 unspecified atom stereocenters. The van der Waals surface area contributed by atoms with E-state index in [1.54, 1.807) is 29.5 Å². The number of thiophene rings is 1. The lowest BCUT2D eigenvalue weighted by atomic mass is 9.74. The number of nitrogens with zero attached hydrogens (tertiary/aromatic N) is 2. The summed E-state index contributed by atoms with van der Waals surface area (Å²) in [6.07, 6.45) is 1.23. The third-order valence-corrected chi connectivity index (χ3v) is 7.65. The van der Waals surface area contributed by atoms with Crippen LogP contribution in [-0.4, -0.2) is 52.8 Å². The van der Waals surface area contributed by atoms with Crippen molar-refractivity contribution >= 4 is 28.2 Å². The molecule has 1 aliphatic heterocycles. The summed E-state index contributed by atoms with van der Waals surface area (Å²) in [5.74, 6) is 5.99. The highest BCUT2D eigenvalue weighted by Crippen LogP contribution is 2.41. The van der Waals surface area contributed by atoms with E-state index in [-0.39, 0.29) is 19.4 Å². The normalized spacial score (nSPS) is 16.4. The Morgan fingerprint density at radius 1 is 1.34 bits per heavy atom. The van der Waals surface area contributed by atoms with Gasteiger partial charge in [0.2, 0.25) is 0 Å². The van der Waals surface area contributed by atoms with Crippen molar-refractivity contribution in [3.05, 3.63) is 57.9 Å². The first-order valence-corrected chi connectivity index (χ1v) is 12.5. The molecular weight excluding hydrogens is 467 g/mol. The van der Waals surface area contributed by atoms with Crippen LogP contribution in [0.4, 0.5) is 4.39 Å². The van der Waals surface area contributed by atoms with Gasteiger partial charge in [0.25, 0.3) is 0 Å². The van der Waals surface area contributed by atoms with Gasteiger partial charge in [0.05, 0.1) is 36.1 Å². The van der Waals surface area contributed by atoms with E-state index in [4.69, 9.17) is 4.74 Å². The number of pyridine rings is 1. The van der Waals surface area contributed by atoms with Crippen molar-refractivity contribution in [1.29, 1.82) is 0 Å². The van der Waals surface area contributed by atoms with Gasteiger partial charge in [-0.3, -0.25) is 14.7 Å². The molecule has 0 amide bonds. The average molecular weight is 497 g/mol. The SMILES string of the molecule is COc1ccc2ncc(CO)c([C@H](F)CCC3(C(=O)O)CCN(CC#Cc4cccs4)CC3)c2c1. The van der Waals surface area contributed by atoms with Gasteiger partial charge in [-0.1, -0.05) is 17.9 Å². The third-order valence-electron chi connectivity index (χ3n) is 6.86. The van der Waals surface area contributed by atoms with E-state index in [0.717, 1.165) is 4.88 Å². The van der Waals surface area contributed by atoms with Crippen LogP contribution in [0.1, 0.15) is 47.9 Å². The molecule has 4 rings (SSSR count). The molecule has 0 spiro atoms. The Hall–Kier alpha value is -2.99. The Bertz CT molecular complexity index is 1220. The predicted octanol–water partition coefficient (Wildman–Crippen LogP) is 4.81. The van der Waals surface area contributed by atoms with Gasteiger partial charge in [0, 0.05) is 35.8 Å². The van der Waals surface area contributed by atoms with Gasteiger partial charge < -0.3 is 14.9 Å². The molecule has 1 aliphatic rings. The maximum atomic E-state index is 15.7. The van der Waals surface area contributed by atoms with Gasteiger partial charge in [-0.25, -0.2) is 4.39 Å². The highest BCUT2D eigenvalue weighted by Gasteiger charge is 2.41. The van der Waals surface area contributed by atoms with Gasteiger partial charge in [-0.2, -0.15) is 0 Å². The molecule has 3 heterocycles. The Labute approximate surface area is 208 Å². The Morgan fingerprint density at radius 3 is 2.80 bits per heavy atom. The van der Waals surface area contributed by atoms with Gasteiger partial charge >= 0.3 is 5.97 Å². The highest BCUT2D eigenvalue weighted by molar-refractivity contribution is 7.10. The van der Waals surface area contributed by atoms with Crippen LogP contribution in [0, 0.1) is 17.3 Å². The zero-order valence-corrected chi connectivity index (χ0v) is 20.5. The number of halogens is 1. The van der Waals surface area contributed by atoms with Gasteiger partial charge in [-0.15, -0.1) is 11.3 Å². The fourth-order valence-electron chi connectivity index (χ4n) is 4.70. The summed E-state index contributed by atoms with van der Waals surface area (Å²) < 4.78 is 21.0. The molecule has 2 aromatic heterocycles. The van der Waals surface area contributed by atoms with Crippen LogP contribution in [0.3, 0.4) is 0 Å². The molecule has 1 aromatic carbocycles. The molecule has 3 aromatic rings. The van der Waals surface area contributed by atoms with Crippen molar-refractivity contribution < 1.29 is 24.1 Å². The minimum absolute atomic E-state index is 0.0494. The van der Waals surface area contributed by atoms with Gasteiger partial charge in [0.15, 0.2) is 0 Å². The number of likely N-dealkylation sites (tertiary alicyclic amines) is 1. The minimum atomic E-state index is -1.43. The molecule has 1 atom stereocenters. The van der Waals surface area contributed by atoms with Crippen molar-refractivity contribution in [2.75, 3.05) is 26.7 Å². The molecule has 2 N–H and O–H groups in total. The van der Waals surface area contributed by atoms with E-state index >= 15 is 4.39 Å². The number of aliphatic hydroxyl groups excluding tert-OH is 1. The number of carbonyl (C=O) groups is 1. The van der Waals surface area contributed by atoms with E-state index in [0.29, 0.717) is 60.3 Å². The lowest BCUT2D eigenvalue weighted by Crippen LogP contribution is -2.44. The second kappa shape index (κ2) is 11.2. The van der Waals surface area contributed by atoms with Crippen molar-refractivity contribution in [2.24, 2.45) is 5.41 Å². The molecule has 6 nitrogen and oxygen atoms in total. The molecular formula is C27H29FN2O4S. The number of aromatic nitrogens is 1. The van der Waals surface area contributed by atoms with E-state index in [1.165, 1.54) is 13.3 Å². The third kappa shape index (κ3) is 5.64. The fourth-order valence-corrected chi connectivity index (χ4v) is 5.29. The minimum Gasteiger partial charge on any atom is -0.497 e. The van der Waals surface area contributed by atoms with E-state index in [1.807, 2.05) is 17.5 Å². The molecule has 0 aliphatic carbocycles. The first-order chi connectivity index (χ1) is 17.0.